The predicted molar refractivity (Wildman–Crippen MR) is 101 cm³/mol. The summed E-state index contributed by atoms with van der Waals surface area (Å²) < 4.78 is 38.5. The topological polar surface area (TPSA) is 115 Å². The fourth-order valence-corrected chi connectivity index (χ4v) is 5.18. The summed E-state index contributed by atoms with van der Waals surface area (Å²) in [6.45, 7) is 0.285. The van der Waals surface area contributed by atoms with Crippen LogP contribution in [0.5, 0.6) is 0 Å². The summed E-state index contributed by atoms with van der Waals surface area (Å²) in [5.74, 6) is -0.232. The van der Waals surface area contributed by atoms with Gasteiger partial charge in [0, 0.05) is 18.9 Å². The Morgan fingerprint density at radius 1 is 1.21 bits per heavy atom. The van der Waals surface area contributed by atoms with Gasteiger partial charge in [0.15, 0.2) is 0 Å². The number of hydrogen-bond donors (Lipinski definition) is 0. The molecule has 3 heterocycles. The van der Waals surface area contributed by atoms with Gasteiger partial charge in [0.25, 0.3) is 0 Å². The molecule has 0 radical (unpaired) electrons. The molecule has 150 valence electrons. The van der Waals surface area contributed by atoms with Gasteiger partial charge in [-0.2, -0.15) is 4.31 Å². The van der Waals surface area contributed by atoms with Crippen LogP contribution in [0.4, 0.5) is 0 Å². The van der Waals surface area contributed by atoms with Crippen LogP contribution in [-0.2, 0) is 14.8 Å². The minimum Gasteiger partial charge on any atom is -0.465 e. The van der Waals surface area contributed by atoms with E-state index in [1.54, 1.807) is 36.7 Å². The first-order chi connectivity index (χ1) is 14.0. The number of pyridine rings is 1. The molecule has 9 nitrogen and oxygen atoms in total. The Kier molecular flexibility index (Phi) is 5.12. The van der Waals surface area contributed by atoms with E-state index in [0.29, 0.717) is 18.4 Å². The van der Waals surface area contributed by atoms with Crippen LogP contribution in [0.3, 0.4) is 0 Å². The van der Waals surface area contributed by atoms with E-state index in [-0.39, 0.29) is 28.8 Å². The van der Waals surface area contributed by atoms with Crippen molar-refractivity contribution in [2.24, 2.45) is 0 Å². The number of esters is 1. The van der Waals surface area contributed by atoms with Crippen molar-refractivity contribution in [3.05, 3.63) is 60.2 Å². The zero-order valence-corrected chi connectivity index (χ0v) is 16.4. The maximum Gasteiger partial charge on any atom is 0.339 e. The lowest BCUT2D eigenvalue weighted by atomic mass is 10.2. The van der Waals surface area contributed by atoms with Crippen LogP contribution in [0.25, 0.3) is 11.5 Å². The minimum absolute atomic E-state index is 0.0118. The summed E-state index contributed by atoms with van der Waals surface area (Å²) in [6.07, 6.45) is 4.39. The van der Waals surface area contributed by atoms with Crippen molar-refractivity contribution in [1.82, 2.24) is 19.5 Å². The third kappa shape index (κ3) is 3.52. The van der Waals surface area contributed by atoms with Crippen LogP contribution in [0.15, 0.2) is 58.1 Å². The summed E-state index contributed by atoms with van der Waals surface area (Å²) in [5.41, 5.74) is 0.636. The van der Waals surface area contributed by atoms with Crippen LogP contribution in [-0.4, -0.2) is 47.5 Å². The van der Waals surface area contributed by atoms with Crippen molar-refractivity contribution >= 4 is 16.0 Å². The Morgan fingerprint density at radius 3 is 2.79 bits per heavy atom. The second-order valence-corrected chi connectivity index (χ2v) is 8.31. The number of rotatable bonds is 5. The molecule has 1 aromatic carbocycles. The van der Waals surface area contributed by atoms with Crippen LogP contribution in [0, 0.1) is 0 Å². The van der Waals surface area contributed by atoms with Gasteiger partial charge >= 0.3 is 5.97 Å². The fourth-order valence-electron chi connectivity index (χ4n) is 3.35. The molecule has 1 atom stereocenters. The third-order valence-corrected chi connectivity index (χ3v) is 6.68. The molecule has 29 heavy (non-hydrogen) atoms. The molecular weight excluding hydrogens is 396 g/mol. The molecule has 0 amide bonds. The highest BCUT2D eigenvalue weighted by Crippen LogP contribution is 2.37. The van der Waals surface area contributed by atoms with E-state index in [1.165, 1.54) is 23.5 Å². The Balaban J connectivity index is 1.69. The average Bonchev–Trinajstić information content (AvgIpc) is 3.43. The summed E-state index contributed by atoms with van der Waals surface area (Å²) in [5, 5.41) is 8.09. The predicted octanol–water partition coefficient (Wildman–Crippen LogP) is 2.44. The molecule has 1 fully saturated rings. The average molecular weight is 414 g/mol. The smallest absolute Gasteiger partial charge is 0.339 e. The normalized spacial score (nSPS) is 17.3. The van der Waals surface area contributed by atoms with E-state index in [4.69, 9.17) is 9.15 Å². The summed E-state index contributed by atoms with van der Waals surface area (Å²) >= 11 is 0. The first kappa shape index (κ1) is 19.2. The van der Waals surface area contributed by atoms with Gasteiger partial charge in [-0.3, -0.25) is 4.98 Å². The second kappa shape index (κ2) is 7.72. The van der Waals surface area contributed by atoms with E-state index in [2.05, 4.69) is 15.2 Å². The maximum absolute atomic E-state index is 13.4. The summed E-state index contributed by atoms with van der Waals surface area (Å²) in [7, 11) is -2.77. The van der Waals surface area contributed by atoms with E-state index < -0.39 is 22.0 Å². The minimum atomic E-state index is -3.98. The molecular formula is C19H18N4O5S. The van der Waals surface area contributed by atoms with Crippen LogP contribution in [0.2, 0.25) is 0 Å². The lowest BCUT2D eigenvalue weighted by Crippen LogP contribution is -2.32. The maximum atomic E-state index is 13.4. The van der Waals surface area contributed by atoms with Crippen LogP contribution >= 0.6 is 0 Å². The quantitative estimate of drug-likeness (QED) is 0.585. The van der Waals surface area contributed by atoms with Crippen LogP contribution < -0.4 is 0 Å². The fraction of sp³-hybridized carbons (Fsp3) is 0.263. The molecule has 0 N–H and O–H groups in total. The lowest BCUT2D eigenvalue weighted by molar-refractivity contribution is 0.0596. The van der Waals surface area contributed by atoms with Gasteiger partial charge in [-0.15, -0.1) is 10.2 Å². The first-order valence-electron chi connectivity index (χ1n) is 8.95. The van der Waals surface area contributed by atoms with Crippen molar-refractivity contribution in [3.63, 3.8) is 0 Å². The van der Waals surface area contributed by atoms with Crippen molar-refractivity contribution in [3.8, 4) is 11.5 Å². The summed E-state index contributed by atoms with van der Waals surface area (Å²) in [4.78, 5) is 16.0. The highest BCUT2D eigenvalue weighted by Gasteiger charge is 2.40. The monoisotopic (exact) mass is 414 g/mol. The molecule has 3 aromatic rings. The van der Waals surface area contributed by atoms with Gasteiger partial charge < -0.3 is 9.15 Å². The number of ether oxygens (including phenoxy) is 1. The van der Waals surface area contributed by atoms with Gasteiger partial charge in [-0.05, 0) is 37.1 Å². The van der Waals surface area contributed by atoms with Crippen LogP contribution in [0.1, 0.15) is 35.1 Å². The molecule has 4 rings (SSSR count). The Bertz CT molecular complexity index is 1130. The largest absolute Gasteiger partial charge is 0.465 e. The molecule has 0 aliphatic carbocycles. The molecule has 10 heteroatoms. The molecule has 0 bridgehead atoms. The molecule has 2 aromatic heterocycles. The number of carbonyl (C=O) groups is 1. The lowest BCUT2D eigenvalue weighted by Gasteiger charge is -2.22. The molecule has 0 spiro atoms. The Morgan fingerprint density at radius 2 is 2.03 bits per heavy atom. The van der Waals surface area contributed by atoms with E-state index in [9.17, 15) is 13.2 Å². The van der Waals surface area contributed by atoms with Gasteiger partial charge in [-0.25, -0.2) is 13.2 Å². The van der Waals surface area contributed by atoms with E-state index >= 15 is 0 Å². The van der Waals surface area contributed by atoms with Gasteiger partial charge in [0.2, 0.25) is 21.8 Å². The number of carbonyl (C=O) groups excluding carboxylic acids is 1. The number of benzene rings is 1. The zero-order valence-electron chi connectivity index (χ0n) is 15.6. The number of hydrogen-bond acceptors (Lipinski definition) is 8. The summed E-state index contributed by atoms with van der Waals surface area (Å²) in [6, 6.07) is 8.89. The second-order valence-electron chi connectivity index (χ2n) is 6.45. The standard InChI is InChI=1S/C19H18N4O5S/c1-27-19(24)14-7-2-3-9-16(14)29(25,26)23-11-5-8-15(23)18-22-21-17(28-18)13-6-4-10-20-12-13/h2-4,6-7,9-10,12,15H,5,8,11H2,1H3. The van der Waals surface area contributed by atoms with Crippen molar-refractivity contribution in [1.29, 1.82) is 0 Å². The molecule has 1 aliphatic heterocycles. The number of aromatic nitrogens is 3. The third-order valence-electron chi connectivity index (χ3n) is 4.72. The first-order valence-corrected chi connectivity index (χ1v) is 10.4. The van der Waals surface area contributed by atoms with Gasteiger partial charge in [-0.1, -0.05) is 12.1 Å². The van der Waals surface area contributed by atoms with E-state index in [0.717, 1.165) is 0 Å². The van der Waals surface area contributed by atoms with Gasteiger partial charge in [0.05, 0.1) is 23.1 Å². The number of methoxy groups -OCH3 is 1. The van der Waals surface area contributed by atoms with Gasteiger partial charge in [0.1, 0.15) is 6.04 Å². The highest BCUT2D eigenvalue weighted by molar-refractivity contribution is 7.89. The SMILES string of the molecule is COC(=O)c1ccccc1S(=O)(=O)N1CCCC1c1nnc(-c2cccnc2)o1. The number of nitrogens with zero attached hydrogens (tertiary/aromatic N) is 4. The van der Waals surface area contributed by atoms with Crippen molar-refractivity contribution in [2.45, 2.75) is 23.8 Å². The van der Waals surface area contributed by atoms with Crippen molar-refractivity contribution in [2.75, 3.05) is 13.7 Å². The molecule has 1 aliphatic rings. The zero-order chi connectivity index (χ0) is 20.4. The van der Waals surface area contributed by atoms with Crippen molar-refractivity contribution < 1.29 is 22.4 Å². The molecule has 1 saturated heterocycles. The molecule has 1 unspecified atom stereocenters. The van der Waals surface area contributed by atoms with E-state index in [1.807, 2.05) is 0 Å². The Hall–Kier alpha value is -3.11. The highest BCUT2D eigenvalue weighted by atomic mass is 32.2. The molecule has 0 saturated carbocycles. The Labute approximate surface area is 167 Å². The number of sulfonamides is 1.